The van der Waals surface area contributed by atoms with Crippen LogP contribution in [0.3, 0.4) is 0 Å². The van der Waals surface area contributed by atoms with Crippen molar-refractivity contribution in [3.63, 3.8) is 0 Å². The zero-order valence-corrected chi connectivity index (χ0v) is 11.4. The van der Waals surface area contributed by atoms with Crippen LogP contribution >= 0.6 is 0 Å². The van der Waals surface area contributed by atoms with Crippen molar-refractivity contribution in [2.24, 2.45) is 5.92 Å². The van der Waals surface area contributed by atoms with E-state index in [4.69, 9.17) is 0 Å². The Morgan fingerprint density at radius 3 is 2.84 bits per heavy atom. The molecule has 1 aliphatic carbocycles. The molecule has 1 aromatic rings. The molecule has 0 bridgehead atoms. The molecule has 1 atom stereocenters. The highest BCUT2D eigenvalue weighted by Crippen LogP contribution is 2.31. The number of hydrogen-bond acceptors (Lipinski definition) is 3. The molecule has 104 valence electrons. The van der Waals surface area contributed by atoms with E-state index < -0.39 is 11.8 Å². The molecule has 0 saturated heterocycles. The van der Waals surface area contributed by atoms with Gasteiger partial charge in [-0.3, -0.25) is 0 Å². The number of rotatable bonds is 5. The number of methoxy groups -OCH3 is 1. The smallest absolute Gasteiger partial charge is 0.340 e. The quantitative estimate of drug-likeness (QED) is 0.827. The molecule has 0 aliphatic heterocycles. The summed E-state index contributed by atoms with van der Waals surface area (Å²) in [5.74, 6) is -0.389. The molecule has 1 unspecified atom stereocenters. The number of nitrogens with one attached hydrogen (secondary N) is 1. The molecule has 4 heteroatoms. The molecule has 1 aliphatic rings. The van der Waals surface area contributed by atoms with Crippen LogP contribution < -0.4 is 5.32 Å². The van der Waals surface area contributed by atoms with Gasteiger partial charge in [0, 0.05) is 11.7 Å². The molecule has 2 rings (SSSR count). The van der Waals surface area contributed by atoms with Gasteiger partial charge in [0.1, 0.15) is 5.82 Å². The van der Waals surface area contributed by atoms with Crippen molar-refractivity contribution in [1.29, 1.82) is 0 Å². The molecule has 3 nitrogen and oxygen atoms in total. The summed E-state index contributed by atoms with van der Waals surface area (Å²) in [6, 6.07) is 4.78. The fourth-order valence-corrected chi connectivity index (χ4v) is 2.45. The first kappa shape index (κ1) is 13.8. The number of carbonyl (C=O) groups excluding carboxylic acids is 1. The van der Waals surface area contributed by atoms with Gasteiger partial charge in [-0.25, -0.2) is 9.18 Å². The summed E-state index contributed by atoms with van der Waals surface area (Å²) in [5, 5.41) is 3.31. The Morgan fingerprint density at radius 1 is 1.53 bits per heavy atom. The molecule has 1 fully saturated rings. The van der Waals surface area contributed by atoms with Crippen LogP contribution in [0.25, 0.3) is 0 Å². The molecule has 0 aromatic heterocycles. The highest BCUT2D eigenvalue weighted by Gasteiger charge is 2.20. The number of benzene rings is 1. The Labute approximate surface area is 113 Å². The van der Waals surface area contributed by atoms with Crippen LogP contribution in [0.4, 0.5) is 10.1 Å². The fraction of sp³-hybridized carbons (Fsp3) is 0.533. The second-order valence-corrected chi connectivity index (χ2v) is 5.26. The Kier molecular flexibility index (Phi) is 4.40. The van der Waals surface area contributed by atoms with Crippen LogP contribution in [-0.2, 0) is 4.74 Å². The van der Waals surface area contributed by atoms with Gasteiger partial charge in [0.05, 0.1) is 12.7 Å². The fourth-order valence-electron chi connectivity index (χ4n) is 2.45. The maximum absolute atomic E-state index is 13.5. The van der Waals surface area contributed by atoms with Crippen molar-refractivity contribution >= 4 is 11.7 Å². The maximum atomic E-state index is 13.5. The highest BCUT2D eigenvalue weighted by molar-refractivity contribution is 5.90. The van der Waals surface area contributed by atoms with E-state index in [0.29, 0.717) is 6.04 Å². The van der Waals surface area contributed by atoms with Crippen molar-refractivity contribution in [1.82, 2.24) is 0 Å². The average Bonchev–Trinajstić information content (AvgIpc) is 2.35. The molecule has 1 aromatic carbocycles. The Morgan fingerprint density at radius 2 is 2.26 bits per heavy atom. The Bertz CT molecular complexity index is 457. The molecule has 1 saturated carbocycles. The number of anilines is 1. The van der Waals surface area contributed by atoms with Gasteiger partial charge in [0.25, 0.3) is 0 Å². The monoisotopic (exact) mass is 265 g/mol. The summed E-state index contributed by atoms with van der Waals surface area (Å²) >= 11 is 0. The normalized spacial score (nSPS) is 16.6. The lowest BCUT2D eigenvalue weighted by molar-refractivity contribution is 0.0595. The first-order valence-corrected chi connectivity index (χ1v) is 6.74. The number of ether oxygens (including phenoxy) is 1. The van der Waals surface area contributed by atoms with E-state index in [1.54, 1.807) is 6.07 Å². The van der Waals surface area contributed by atoms with E-state index in [1.807, 2.05) is 0 Å². The van der Waals surface area contributed by atoms with E-state index >= 15 is 0 Å². The molecule has 0 radical (unpaired) electrons. The maximum Gasteiger partial charge on any atom is 0.340 e. The molecule has 19 heavy (non-hydrogen) atoms. The predicted molar refractivity (Wildman–Crippen MR) is 72.8 cm³/mol. The minimum atomic E-state index is -0.646. The number of hydrogen-bond donors (Lipinski definition) is 1. The van der Waals surface area contributed by atoms with Gasteiger partial charge >= 0.3 is 5.97 Å². The molecular weight excluding hydrogens is 245 g/mol. The topological polar surface area (TPSA) is 38.3 Å². The van der Waals surface area contributed by atoms with Gasteiger partial charge in [-0.1, -0.05) is 19.3 Å². The lowest BCUT2D eigenvalue weighted by Gasteiger charge is -2.29. The number of carbonyl (C=O) groups is 1. The third-order valence-corrected chi connectivity index (χ3v) is 3.70. The molecule has 0 spiro atoms. The largest absolute Gasteiger partial charge is 0.465 e. The zero-order valence-electron chi connectivity index (χ0n) is 11.4. The van der Waals surface area contributed by atoms with E-state index in [1.165, 1.54) is 38.5 Å². The van der Waals surface area contributed by atoms with Crippen LogP contribution in [0, 0.1) is 11.7 Å². The van der Waals surface area contributed by atoms with Crippen LogP contribution in [0.2, 0.25) is 0 Å². The van der Waals surface area contributed by atoms with Crippen molar-refractivity contribution in [2.45, 2.75) is 38.6 Å². The summed E-state index contributed by atoms with van der Waals surface area (Å²) < 4.78 is 18.1. The van der Waals surface area contributed by atoms with Crippen LogP contribution in [0.15, 0.2) is 18.2 Å². The van der Waals surface area contributed by atoms with Crippen molar-refractivity contribution in [3.05, 3.63) is 29.6 Å². The minimum Gasteiger partial charge on any atom is -0.465 e. The van der Waals surface area contributed by atoms with E-state index in [9.17, 15) is 9.18 Å². The summed E-state index contributed by atoms with van der Waals surface area (Å²) in [6.45, 7) is 2.11. The van der Waals surface area contributed by atoms with Crippen LogP contribution in [0.1, 0.15) is 43.0 Å². The highest BCUT2D eigenvalue weighted by atomic mass is 19.1. The van der Waals surface area contributed by atoms with E-state index in [-0.39, 0.29) is 5.56 Å². The van der Waals surface area contributed by atoms with Crippen molar-refractivity contribution in [3.8, 4) is 0 Å². The molecule has 1 N–H and O–H groups in total. The van der Waals surface area contributed by atoms with Gasteiger partial charge in [-0.2, -0.15) is 0 Å². The molecular formula is C15H20FNO2. The average molecular weight is 265 g/mol. The van der Waals surface area contributed by atoms with Crippen molar-refractivity contribution in [2.75, 3.05) is 12.4 Å². The number of halogens is 1. The Hall–Kier alpha value is -1.58. The summed E-state index contributed by atoms with van der Waals surface area (Å²) in [6.07, 6.45) is 5.07. The van der Waals surface area contributed by atoms with Crippen molar-refractivity contribution < 1.29 is 13.9 Å². The lowest BCUT2D eigenvalue weighted by Crippen LogP contribution is -2.23. The van der Waals surface area contributed by atoms with E-state index in [0.717, 1.165) is 18.0 Å². The van der Waals surface area contributed by atoms with Crippen LogP contribution in [0.5, 0.6) is 0 Å². The standard InChI is InChI=1S/C15H20FNO2/c1-10(8-11-4-3-5-11)17-12-6-7-14(16)13(9-12)15(18)19-2/h6-7,9-11,17H,3-5,8H2,1-2H3. The van der Waals surface area contributed by atoms with Gasteiger partial charge in [-0.15, -0.1) is 0 Å². The second-order valence-electron chi connectivity index (χ2n) is 5.26. The van der Waals surface area contributed by atoms with E-state index in [2.05, 4.69) is 17.0 Å². The SMILES string of the molecule is COC(=O)c1cc(NC(C)CC2CCC2)ccc1F. The van der Waals surface area contributed by atoms with Crippen LogP contribution in [-0.4, -0.2) is 19.1 Å². The van der Waals surface area contributed by atoms with Gasteiger partial charge in [0.2, 0.25) is 0 Å². The molecule has 0 heterocycles. The number of esters is 1. The summed E-state index contributed by atoms with van der Waals surface area (Å²) in [7, 11) is 1.25. The lowest BCUT2D eigenvalue weighted by atomic mass is 9.81. The van der Waals surface area contributed by atoms with Gasteiger partial charge in [-0.05, 0) is 37.5 Å². The third-order valence-electron chi connectivity index (χ3n) is 3.70. The minimum absolute atomic E-state index is 0.0247. The second kappa shape index (κ2) is 6.04. The zero-order chi connectivity index (χ0) is 13.8. The van der Waals surface area contributed by atoms with Gasteiger partial charge < -0.3 is 10.1 Å². The molecule has 0 amide bonds. The summed E-state index contributed by atoms with van der Waals surface area (Å²) in [5.41, 5.74) is 0.733. The first-order valence-electron chi connectivity index (χ1n) is 6.74. The predicted octanol–water partition coefficient (Wildman–Crippen LogP) is 3.60. The first-order chi connectivity index (χ1) is 9.10. The summed E-state index contributed by atoms with van der Waals surface area (Å²) in [4.78, 5) is 11.4. The third kappa shape index (κ3) is 3.46. The van der Waals surface area contributed by atoms with Gasteiger partial charge in [0.15, 0.2) is 0 Å². The Balaban J connectivity index is 2.01.